The molecule has 0 radical (unpaired) electrons. The molecule has 0 fully saturated rings. The lowest BCUT2D eigenvalue weighted by molar-refractivity contribution is 0.482. The molecule has 0 aliphatic rings. The molecule has 3 aromatic carbocycles. The van der Waals surface area contributed by atoms with Gasteiger partial charge in [0, 0.05) is 17.2 Å². The Morgan fingerprint density at radius 1 is 0.969 bits per heavy atom. The van der Waals surface area contributed by atoms with Crippen LogP contribution in [0.2, 0.25) is 5.02 Å². The van der Waals surface area contributed by atoms with E-state index < -0.39 is 0 Å². The molecule has 4 aromatic rings. The minimum Gasteiger partial charge on any atom is -0.457 e. The molecule has 0 saturated heterocycles. The fraction of sp³-hybridized carbons (Fsp3) is 0.160. The molecule has 1 heterocycles. The SMILES string of the molecule is CCCc1nnc(SCc2ccc(Cl)cc2)n1/N=C/c1cccc(Oc2ccccc2)c1. The van der Waals surface area contributed by atoms with E-state index in [1.54, 1.807) is 11.8 Å². The molecular weight excluding hydrogens is 440 g/mol. The summed E-state index contributed by atoms with van der Waals surface area (Å²) < 4.78 is 7.76. The van der Waals surface area contributed by atoms with E-state index in [2.05, 4.69) is 17.1 Å². The first kappa shape index (κ1) is 22.1. The number of halogens is 1. The fourth-order valence-corrected chi connectivity index (χ4v) is 4.00. The molecule has 1 aromatic heterocycles. The number of benzene rings is 3. The average Bonchev–Trinajstić information content (AvgIpc) is 3.20. The topological polar surface area (TPSA) is 52.3 Å². The van der Waals surface area contributed by atoms with Crippen molar-refractivity contribution in [3.8, 4) is 11.5 Å². The van der Waals surface area contributed by atoms with Gasteiger partial charge in [-0.15, -0.1) is 10.2 Å². The normalized spacial score (nSPS) is 11.2. The van der Waals surface area contributed by atoms with E-state index >= 15 is 0 Å². The average molecular weight is 463 g/mol. The second kappa shape index (κ2) is 11.0. The van der Waals surface area contributed by atoms with Crippen LogP contribution in [0.5, 0.6) is 11.5 Å². The molecule has 0 spiro atoms. The quantitative estimate of drug-likeness (QED) is 0.201. The Kier molecular flexibility index (Phi) is 7.59. The van der Waals surface area contributed by atoms with Crippen molar-refractivity contribution in [3.05, 3.63) is 101 Å². The maximum Gasteiger partial charge on any atom is 0.212 e. The van der Waals surface area contributed by atoms with Gasteiger partial charge in [-0.1, -0.05) is 72.8 Å². The van der Waals surface area contributed by atoms with Crippen molar-refractivity contribution >= 4 is 29.6 Å². The summed E-state index contributed by atoms with van der Waals surface area (Å²) in [6, 6.07) is 25.4. The molecule has 7 heteroatoms. The van der Waals surface area contributed by atoms with Gasteiger partial charge in [-0.3, -0.25) is 0 Å². The predicted octanol–water partition coefficient (Wildman–Crippen LogP) is 6.85. The van der Waals surface area contributed by atoms with E-state index in [-0.39, 0.29) is 0 Å². The zero-order valence-electron chi connectivity index (χ0n) is 17.7. The molecule has 32 heavy (non-hydrogen) atoms. The number of ether oxygens (including phenoxy) is 1. The van der Waals surface area contributed by atoms with Gasteiger partial charge in [0.25, 0.3) is 0 Å². The predicted molar refractivity (Wildman–Crippen MR) is 131 cm³/mol. The Labute approximate surface area is 197 Å². The molecule has 0 bridgehead atoms. The van der Waals surface area contributed by atoms with Crippen molar-refractivity contribution in [1.82, 2.24) is 14.9 Å². The Bertz CT molecular complexity index is 1180. The number of rotatable bonds is 9. The summed E-state index contributed by atoms with van der Waals surface area (Å²) >= 11 is 7.59. The third-order valence-electron chi connectivity index (χ3n) is 4.59. The molecule has 162 valence electrons. The van der Waals surface area contributed by atoms with Crippen LogP contribution in [0.15, 0.2) is 89.1 Å². The van der Waals surface area contributed by atoms with E-state index in [1.807, 2.05) is 89.8 Å². The van der Waals surface area contributed by atoms with Gasteiger partial charge in [0.1, 0.15) is 11.5 Å². The van der Waals surface area contributed by atoms with E-state index in [0.717, 1.165) is 51.7 Å². The van der Waals surface area contributed by atoms with Gasteiger partial charge >= 0.3 is 0 Å². The van der Waals surface area contributed by atoms with Crippen molar-refractivity contribution in [2.75, 3.05) is 0 Å². The minimum atomic E-state index is 0.732. The number of thioether (sulfide) groups is 1. The number of aryl methyl sites for hydroxylation is 1. The summed E-state index contributed by atoms with van der Waals surface area (Å²) in [5.41, 5.74) is 2.10. The summed E-state index contributed by atoms with van der Waals surface area (Å²) in [7, 11) is 0. The highest BCUT2D eigenvalue weighted by Crippen LogP contribution is 2.24. The zero-order valence-corrected chi connectivity index (χ0v) is 19.3. The van der Waals surface area contributed by atoms with Crippen LogP contribution in [0.1, 0.15) is 30.3 Å². The second-order valence-corrected chi connectivity index (χ2v) is 8.49. The first-order chi connectivity index (χ1) is 15.7. The number of nitrogens with zero attached hydrogens (tertiary/aromatic N) is 4. The summed E-state index contributed by atoms with van der Waals surface area (Å²) in [5, 5.41) is 14.9. The molecular formula is C25H23ClN4OS. The molecule has 0 aliphatic heterocycles. The highest BCUT2D eigenvalue weighted by molar-refractivity contribution is 7.98. The Morgan fingerprint density at radius 3 is 2.53 bits per heavy atom. The Morgan fingerprint density at radius 2 is 1.75 bits per heavy atom. The first-order valence-electron chi connectivity index (χ1n) is 10.4. The van der Waals surface area contributed by atoms with Gasteiger partial charge in [-0.05, 0) is 53.9 Å². The van der Waals surface area contributed by atoms with Gasteiger partial charge < -0.3 is 4.74 Å². The number of para-hydroxylation sites is 1. The monoisotopic (exact) mass is 462 g/mol. The standard InChI is InChI=1S/C25H23ClN4OS/c1-2-7-24-28-29-25(32-18-19-12-14-21(26)15-13-19)30(24)27-17-20-8-6-11-23(16-20)31-22-9-4-3-5-10-22/h3-6,8-17H,2,7,18H2,1H3/b27-17+. The van der Waals surface area contributed by atoms with Crippen molar-refractivity contribution in [2.24, 2.45) is 5.10 Å². The Hall–Kier alpha value is -3.09. The fourth-order valence-electron chi connectivity index (χ4n) is 3.02. The highest BCUT2D eigenvalue weighted by atomic mass is 35.5. The number of aromatic nitrogens is 3. The number of hydrogen-bond donors (Lipinski definition) is 0. The molecule has 0 atom stereocenters. The van der Waals surface area contributed by atoms with Crippen molar-refractivity contribution in [1.29, 1.82) is 0 Å². The van der Waals surface area contributed by atoms with Gasteiger partial charge in [-0.25, -0.2) is 0 Å². The van der Waals surface area contributed by atoms with Crippen LogP contribution in [-0.4, -0.2) is 21.1 Å². The lowest BCUT2D eigenvalue weighted by Crippen LogP contribution is -2.00. The van der Waals surface area contributed by atoms with Crippen molar-refractivity contribution < 1.29 is 4.74 Å². The summed E-state index contributed by atoms with van der Waals surface area (Å²) in [6.07, 6.45) is 3.59. The molecule has 0 aliphatic carbocycles. The van der Waals surface area contributed by atoms with Crippen LogP contribution in [0.25, 0.3) is 0 Å². The Balaban J connectivity index is 1.51. The van der Waals surface area contributed by atoms with Gasteiger partial charge in [0.15, 0.2) is 5.82 Å². The second-order valence-electron chi connectivity index (χ2n) is 7.11. The van der Waals surface area contributed by atoms with Crippen molar-refractivity contribution in [2.45, 2.75) is 30.7 Å². The van der Waals surface area contributed by atoms with Crippen LogP contribution >= 0.6 is 23.4 Å². The third-order valence-corrected chi connectivity index (χ3v) is 5.83. The summed E-state index contributed by atoms with van der Waals surface area (Å²) in [6.45, 7) is 2.12. The summed E-state index contributed by atoms with van der Waals surface area (Å²) in [4.78, 5) is 0. The molecule has 4 rings (SSSR count). The maximum absolute atomic E-state index is 5.99. The molecule has 0 amide bonds. The largest absolute Gasteiger partial charge is 0.457 e. The summed E-state index contributed by atoms with van der Waals surface area (Å²) in [5.74, 6) is 3.16. The van der Waals surface area contributed by atoms with Gasteiger partial charge in [0.2, 0.25) is 5.16 Å². The zero-order chi connectivity index (χ0) is 22.2. The van der Waals surface area contributed by atoms with Gasteiger partial charge in [0.05, 0.1) is 6.21 Å². The van der Waals surface area contributed by atoms with Crippen LogP contribution in [0, 0.1) is 0 Å². The molecule has 5 nitrogen and oxygen atoms in total. The van der Waals surface area contributed by atoms with E-state index in [0.29, 0.717) is 0 Å². The van der Waals surface area contributed by atoms with Crippen molar-refractivity contribution in [3.63, 3.8) is 0 Å². The smallest absolute Gasteiger partial charge is 0.212 e. The van der Waals surface area contributed by atoms with Crippen LogP contribution in [0.3, 0.4) is 0 Å². The van der Waals surface area contributed by atoms with Crippen LogP contribution in [-0.2, 0) is 12.2 Å². The number of hydrogen-bond acceptors (Lipinski definition) is 5. The van der Waals surface area contributed by atoms with Crippen LogP contribution in [0.4, 0.5) is 0 Å². The van der Waals surface area contributed by atoms with E-state index in [9.17, 15) is 0 Å². The highest BCUT2D eigenvalue weighted by Gasteiger charge is 2.12. The van der Waals surface area contributed by atoms with Gasteiger partial charge in [-0.2, -0.15) is 9.78 Å². The minimum absolute atomic E-state index is 0.732. The molecule has 0 unspecified atom stereocenters. The third kappa shape index (κ3) is 5.99. The van der Waals surface area contributed by atoms with E-state index in [4.69, 9.17) is 21.4 Å². The lowest BCUT2D eigenvalue weighted by Gasteiger charge is -2.06. The maximum atomic E-state index is 5.99. The molecule has 0 saturated carbocycles. The molecule has 0 N–H and O–H groups in total. The first-order valence-corrected chi connectivity index (χ1v) is 11.8. The lowest BCUT2D eigenvalue weighted by atomic mass is 10.2. The van der Waals surface area contributed by atoms with Crippen LogP contribution < -0.4 is 4.74 Å². The van der Waals surface area contributed by atoms with E-state index in [1.165, 1.54) is 5.56 Å².